The van der Waals surface area contributed by atoms with Crippen molar-refractivity contribution in [3.63, 3.8) is 0 Å². The van der Waals surface area contributed by atoms with Crippen molar-refractivity contribution in [2.45, 2.75) is 19.9 Å². The first-order valence-electron chi connectivity index (χ1n) is 7.86. The van der Waals surface area contributed by atoms with E-state index in [-0.39, 0.29) is 0 Å². The van der Waals surface area contributed by atoms with Gasteiger partial charge in [-0.25, -0.2) is 0 Å². The van der Waals surface area contributed by atoms with Crippen LogP contribution in [0, 0.1) is 0 Å². The zero-order valence-corrected chi connectivity index (χ0v) is 13.3. The van der Waals surface area contributed by atoms with Crippen LogP contribution < -0.4 is 14.8 Å². The molecule has 0 aliphatic carbocycles. The highest BCUT2D eigenvalue weighted by Gasteiger charge is 2.38. The third-order valence-electron chi connectivity index (χ3n) is 4.78. The van der Waals surface area contributed by atoms with Crippen molar-refractivity contribution in [1.82, 2.24) is 0 Å². The molecule has 22 heavy (non-hydrogen) atoms. The Hall–Kier alpha value is -2.36. The third-order valence-corrected chi connectivity index (χ3v) is 4.78. The van der Waals surface area contributed by atoms with Crippen LogP contribution in [0.3, 0.4) is 0 Å². The molecule has 4 rings (SSSR count). The number of anilines is 3. The molecule has 0 aromatic heterocycles. The molecule has 0 radical (unpaired) electrons. The maximum absolute atomic E-state index is 2.42. The summed E-state index contributed by atoms with van der Waals surface area (Å²) in [6, 6.07) is 17.3. The molecule has 0 saturated carbocycles. The minimum Gasteiger partial charge on any atom is -0.351 e. The molecular weight excluding hydrogens is 269 g/mol. The maximum atomic E-state index is 2.42. The Labute approximate surface area is 132 Å². The predicted octanol–water partition coefficient (Wildman–Crippen LogP) is 3.90. The van der Waals surface area contributed by atoms with Gasteiger partial charge in [0.15, 0.2) is 0 Å². The van der Waals surface area contributed by atoms with E-state index in [0.717, 1.165) is 0 Å². The van der Waals surface area contributed by atoms with Crippen LogP contribution in [0.15, 0.2) is 54.5 Å². The molecule has 4 heteroatoms. The van der Waals surface area contributed by atoms with Gasteiger partial charge in [-0.3, -0.25) is 5.01 Å². The molecule has 0 spiro atoms. The highest BCUT2D eigenvalue weighted by molar-refractivity contribution is 6.69. The Bertz CT molecular complexity index is 743. The van der Waals surface area contributed by atoms with Crippen molar-refractivity contribution in [2.24, 2.45) is 0 Å². The van der Waals surface area contributed by atoms with E-state index in [1.54, 1.807) is 0 Å². The maximum Gasteiger partial charge on any atom is 0.303 e. The average molecular weight is 289 g/mol. The highest BCUT2D eigenvalue weighted by atomic mass is 15.7. The van der Waals surface area contributed by atoms with Gasteiger partial charge in [-0.1, -0.05) is 49.2 Å². The number of fused-ring (bicyclic) bond motifs is 2. The molecule has 3 nitrogen and oxygen atoms in total. The predicted molar refractivity (Wildman–Crippen MR) is 96.4 cm³/mol. The van der Waals surface area contributed by atoms with Crippen LogP contribution in [-0.4, -0.2) is 20.1 Å². The van der Waals surface area contributed by atoms with Crippen molar-refractivity contribution >= 4 is 30.0 Å². The molecule has 0 N–H and O–H groups in total. The average Bonchev–Trinajstić information content (AvgIpc) is 2.80. The molecule has 0 unspecified atom stereocenters. The van der Waals surface area contributed by atoms with Crippen LogP contribution in [0.4, 0.5) is 17.1 Å². The summed E-state index contributed by atoms with van der Waals surface area (Å²) in [6.07, 6.45) is 2.52. The number of rotatable bonds is 1. The molecule has 2 aromatic rings. The second kappa shape index (κ2) is 4.84. The third kappa shape index (κ3) is 1.76. The van der Waals surface area contributed by atoms with Gasteiger partial charge in [0.25, 0.3) is 0 Å². The Morgan fingerprint density at radius 3 is 2.32 bits per heavy atom. The van der Waals surface area contributed by atoms with Crippen molar-refractivity contribution in [1.29, 1.82) is 0 Å². The number of para-hydroxylation sites is 3. The van der Waals surface area contributed by atoms with Crippen molar-refractivity contribution in [3.8, 4) is 0 Å². The van der Waals surface area contributed by atoms with E-state index in [1.807, 2.05) is 0 Å². The van der Waals surface area contributed by atoms with Gasteiger partial charge >= 0.3 is 6.85 Å². The second-order valence-electron chi connectivity index (χ2n) is 6.08. The van der Waals surface area contributed by atoms with Crippen molar-refractivity contribution in [3.05, 3.63) is 60.1 Å². The normalized spacial score (nSPS) is 19.5. The lowest BCUT2D eigenvalue weighted by Crippen LogP contribution is -2.56. The van der Waals surface area contributed by atoms with E-state index in [9.17, 15) is 0 Å². The first-order chi connectivity index (χ1) is 10.7. The number of benzene rings is 2. The van der Waals surface area contributed by atoms with Gasteiger partial charge in [0.05, 0.1) is 17.1 Å². The van der Waals surface area contributed by atoms with E-state index in [2.05, 4.69) is 96.2 Å². The summed E-state index contributed by atoms with van der Waals surface area (Å²) in [5.41, 5.74) is 5.11. The number of hydrogen-bond donors (Lipinski definition) is 0. The Balaban J connectivity index is 1.87. The van der Waals surface area contributed by atoms with Gasteiger partial charge in [0.1, 0.15) is 6.17 Å². The van der Waals surface area contributed by atoms with Gasteiger partial charge < -0.3 is 9.82 Å². The van der Waals surface area contributed by atoms with Crippen molar-refractivity contribution in [2.75, 3.05) is 21.9 Å². The van der Waals surface area contributed by atoms with E-state index >= 15 is 0 Å². The first-order valence-corrected chi connectivity index (χ1v) is 7.86. The molecule has 0 bridgehead atoms. The summed E-state index contributed by atoms with van der Waals surface area (Å²) in [5, 5.41) is 2.42. The van der Waals surface area contributed by atoms with E-state index < -0.39 is 0 Å². The summed E-state index contributed by atoms with van der Waals surface area (Å²) in [6.45, 7) is 4.84. The SMILES string of the molecule is CB1C=Cc2ccccc2N1N1c2ccccc2N(C)[C@@H]1C. The molecule has 2 aromatic carbocycles. The molecule has 2 aliphatic heterocycles. The Kier molecular flexibility index (Phi) is 2.93. The first kappa shape index (κ1) is 13.3. The monoisotopic (exact) mass is 289 g/mol. The molecular formula is C18H20BN3. The lowest BCUT2D eigenvalue weighted by Gasteiger charge is -2.43. The quantitative estimate of drug-likeness (QED) is 0.737. The van der Waals surface area contributed by atoms with Crippen LogP contribution in [0.5, 0.6) is 0 Å². The largest absolute Gasteiger partial charge is 0.351 e. The van der Waals surface area contributed by atoms with Gasteiger partial charge in [-0.05, 0) is 30.7 Å². The van der Waals surface area contributed by atoms with Crippen molar-refractivity contribution < 1.29 is 0 Å². The topological polar surface area (TPSA) is 9.72 Å². The van der Waals surface area contributed by atoms with Crippen LogP contribution >= 0.6 is 0 Å². The van der Waals surface area contributed by atoms with Crippen LogP contribution in [0.1, 0.15) is 12.5 Å². The summed E-state index contributed by atoms with van der Waals surface area (Å²) >= 11 is 0. The molecule has 2 aliphatic rings. The fourth-order valence-corrected chi connectivity index (χ4v) is 3.51. The van der Waals surface area contributed by atoms with E-state index in [0.29, 0.717) is 13.0 Å². The summed E-state index contributed by atoms with van der Waals surface area (Å²) in [7, 11) is 2.17. The highest BCUT2D eigenvalue weighted by Crippen LogP contribution is 2.42. The number of nitrogens with zero attached hydrogens (tertiary/aromatic N) is 3. The summed E-state index contributed by atoms with van der Waals surface area (Å²) < 4.78 is 0. The smallest absolute Gasteiger partial charge is 0.303 e. The lowest BCUT2D eigenvalue weighted by molar-refractivity contribution is 0.674. The molecule has 2 heterocycles. The van der Waals surface area contributed by atoms with E-state index in [4.69, 9.17) is 0 Å². The Morgan fingerprint density at radius 1 is 0.909 bits per heavy atom. The summed E-state index contributed by atoms with van der Waals surface area (Å²) in [5.74, 6) is 2.27. The second-order valence-corrected chi connectivity index (χ2v) is 6.08. The van der Waals surface area contributed by atoms with Gasteiger partial charge in [0.2, 0.25) is 0 Å². The number of hydrogen-bond acceptors (Lipinski definition) is 3. The van der Waals surface area contributed by atoms with Gasteiger partial charge in [-0.15, -0.1) is 0 Å². The van der Waals surface area contributed by atoms with Gasteiger partial charge in [0, 0.05) is 7.05 Å². The molecule has 0 saturated heterocycles. The molecule has 0 amide bonds. The minimum atomic E-state index is 0.291. The van der Waals surface area contributed by atoms with Crippen LogP contribution in [0.2, 0.25) is 6.82 Å². The Morgan fingerprint density at radius 2 is 1.55 bits per heavy atom. The molecule has 0 fully saturated rings. The molecule has 1 atom stereocenters. The standard InChI is InChI=1S/C18H20BN3/c1-14-20(3)17-10-6-7-11-18(17)21(14)22-16-9-5-4-8-15(16)12-13-19(22)2/h4-14H,1-3H3/t14-/m0/s1. The fourth-order valence-electron chi connectivity index (χ4n) is 3.51. The fraction of sp³-hybridized carbons (Fsp3) is 0.222. The molecule has 110 valence electrons. The van der Waals surface area contributed by atoms with Crippen LogP contribution in [0.25, 0.3) is 6.08 Å². The van der Waals surface area contributed by atoms with Crippen LogP contribution in [-0.2, 0) is 0 Å². The summed E-state index contributed by atoms with van der Waals surface area (Å²) in [4.78, 5) is 4.76. The zero-order valence-electron chi connectivity index (χ0n) is 13.3. The van der Waals surface area contributed by atoms with E-state index in [1.165, 1.54) is 22.6 Å². The van der Waals surface area contributed by atoms with Gasteiger partial charge in [-0.2, -0.15) is 0 Å². The zero-order chi connectivity index (χ0) is 15.3. The lowest BCUT2D eigenvalue weighted by atomic mass is 9.61. The minimum absolute atomic E-state index is 0.291. The number of hydrazine groups is 1.